The Labute approximate surface area is 129 Å². The molecule has 1 N–H and O–H groups in total. The molecule has 0 spiro atoms. The largest absolute Gasteiger partial charge is 0.314 e. The second kappa shape index (κ2) is 6.96. The number of rotatable bonds is 6. The van der Waals surface area contributed by atoms with Crippen molar-refractivity contribution < 1.29 is 8.78 Å². The van der Waals surface area contributed by atoms with Crippen molar-refractivity contribution >= 4 is 0 Å². The van der Waals surface area contributed by atoms with Crippen LogP contribution in [0.15, 0.2) is 24.5 Å². The summed E-state index contributed by atoms with van der Waals surface area (Å²) < 4.78 is 28.5. The smallest absolute Gasteiger partial charge is 0.159 e. The number of hydrogen-bond acceptors (Lipinski definition) is 3. The summed E-state index contributed by atoms with van der Waals surface area (Å²) >= 11 is 0. The molecule has 120 valence electrons. The van der Waals surface area contributed by atoms with E-state index < -0.39 is 11.6 Å². The lowest BCUT2D eigenvalue weighted by atomic mass is 9.96. The van der Waals surface area contributed by atoms with E-state index in [-0.39, 0.29) is 18.0 Å². The van der Waals surface area contributed by atoms with Crippen molar-refractivity contribution in [1.29, 1.82) is 0 Å². The summed E-state index contributed by atoms with van der Waals surface area (Å²) in [7, 11) is 0. The van der Waals surface area contributed by atoms with Gasteiger partial charge in [-0.05, 0) is 37.5 Å². The fourth-order valence-corrected chi connectivity index (χ4v) is 2.47. The molecule has 0 aliphatic heterocycles. The Balaban J connectivity index is 2.15. The van der Waals surface area contributed by atoms with Gasteiger partial charge in [0.1, 0.15) is 12.2 Å². The summed E-state index contributed by atoms with van der Waals surface area (Å²) in [4.78, 5) is 0. The molecule has 2 rings (SSSR count). The van der Waals surface area contributed by atoms with E-state index in [0.29, 0.717) is 6.54 Å². The Kier molecular flexibility index (Phi) is 5.24. The first-order valence-corrected chi connectivity index (χ1v) is 7.47. The standard InChI is InChI=1S/C16H22F2N4/c1-10(2)16(12-5-6-13(17)14(18)7-12)19-8-15-21-20-9-22(15)11(3)4/h5-7,9-11,16,19H,8H2,1-4H3/t16-/m0/s1. The van der Waals surface area contributed by atoms with Crippen molar-refractivity contribution in [2.45, 2.75) is 46.3 Å². The summed E-state index contributed by atoms with van der Waals surface area (Å²) in [5.74, 6) is -0.607. The number of nitrogens with one attached hydrogen (secondary N) is 1. The molecule has 0 unspecified atom stereocenters. The van der Waals surface area contributed by atoms with Gasteiger partial charge in [0.05, 0.1) is 6.54 Å². The van der Waals surface area contributed by atoms with Gasteiger partial charge in [-0.25, -0.2) is 8.78 Å². The van der Waals surface area contributed by atoms with Gasteiger partial charge in [-0.3, -0.25) is 0 Å². The third kappa shape index (κ3) is 3.68. The van der Waals surface area contributed by atoms with Gasteiger partial charge in [-0.1, -0.05) is 19.9 Å². The van der Waals surface area contributed by atoms with E-state index in [2.05, 4.69) is 29.4 Å². The minimum atomic E-state index is -0.828. The number of hydrogen-bond donors (Lipinski definition) is 1. The van der Waals surface area contributed by atoms with Crippen LogP contribution in [0.5, 0.6) is 0 Å². The van der Waals surface area contributed by atoms with Crippen LogP contribution in [0.4, 0.5) is 8.78 Å². The molecular formula is C16H22F2N4. The van der Waals surface area contributed by atoms with Crippen molar-refractivity contribution in [2.24, 2.45) is 5.92 Å². The lowest BCUT2D eigenvalue weighted by molar-refractivity contribution is 0.395. The number of aromatic nitrogens is 3. The Morgan fingerprint density at radius 3 is 2.45 bits per heavy atom. The number of benzene rings is 1. The van der Waals surface area contributed by atoms with E-state index in [0.717, 1.165) is 11.4 Å². The van der Waals surface area contributed by atoms with Gasteiger partial charge in [0.2, 0.25) is 0 Å². The van der Waals surface area contributed by atoms with Crippen molar-refractivity contribution in [3.05, 3.63) is 47.5 Å². The van der Waals surface area contributed by atoms with Gasteiger partial charge in [0.15, 0.2) is 11.6 Å². The number of halogens is 2. The Morgan fingerprint density at radius 1 is 1.14 bits per heavy atom. The van der Waals surface area contributed by atoms with Gasteiger partial charge in [0, 0.05) is 12.1 Å². The average Bonchev–Trinajstić information content (AvgIpc) is 2.91. The molecule has 2 aromatic rings. The van der Waals surface area contributed by atoms with E-state index in [1.54, 1.807) is 12.4 Å². The third-order valence-corrected chi connectivity index (χ3v) is 3.65. The van der Waals surface area contributed by atoms with E-state index in [9.17, 15) is 8.78 Å². The van der Waals surface area contributed by atoms with Gasteiger partial charge >= 0.3 is 0 Å². The first-order valence-electron chi connectivity index (χ1n) is 7.47. The highest BCUT2D eigenvalue weighted by Gasteiger charge is 2.18. The maximum absolute atomic E-state index is 13.5. The van der Waals surface area contributed by atoms with E-state index >= 15 is 0 Å². The molecule has 0 radical (unpaired) electrons. The monoisotopic (exact) mass is 308 g/mol. The van der Waals surface area contributed by atoms with Crippen LogP contribution in [-0.4, -0.2) is 14.8 Å². The van der Waals surface area contributed by atoms with Gasteiger partial charge in [0.25, 0.3) is 0 Å². The molecule has 0 amide bonds. The maximum atomic E-state index is 13.5. The zero-order chi connectivity index (χ0) is 16.3. The maximum Gasteiger partial charge on any atom is 0.159 e. The molecule has 6 heteroatoms. The van der Waals surface area contributed by atoms with Gasteiger partial charge < -0.3 is 9.88 Å². The molecule has 0 aliphatic rings. The molecule has 0 saturated carbocycles. The van der Waals surface area contributed by atoms with E-state index in [4.69, 9.17) is 0 Å². The predicted octanol–water partition coefficient (Wildman–Crippen LogP) is 3.62. The highest BCUT2D eigenvalue weighted by atomic mass is 19.2. The average molecular weight is 308 g/mol. The molecule has 0 bridgehead atoms. The van der Waals surface area contributed by atoms with Crippen LogP contribution in [0.25, 0.3) is 0 Å². The lowest BCUT2D eigenvalue weighted by Gasteiger charge is -2.23. The quantitative estimate of drug-likeness (QED) is 0.886. The van der Waals surface area contributed by atoms with Crippen LogP contribution in [0, 0.1) is 17.6 Å². The van der Waals surface area contributed by atoms with Crippen LogP contribution in [-0.2, 0) is 6.54 Å². The second-order valence-electron chi connectivity index (χ2n) is 6.02. The van der Waals surface area contributed by atoms with Gasteiger partial charge in [-0.15, -0.1) is 10.2 Å². The zero-order valence-electron chi connectivity index (χ0n) is 13.3. The summed E-state index contributed by atoms with van der Waals surface area (Å²) in [6.07, 6.45) is 1.70. The van der Waals surface area contributed by atoms with E-state index in [1.165, 1.54) is 12.1 Å². The Morgan fingerprint density at radius 2 is 1.86 bits per heavy atom. The predicted molar refractivity (Wildman–Crippen MR) is 81.2 cm³/mol. The molecule has 0 saturated heterocycles. The Hall–Kier alpha value is -1.82. The minimum Gasteiger partial charge on any atom is -0.314 e. The lowest BCUT2D eigenvalue weighted by Crippen LogP contribution is -2.27. The molecule has 1 aromatic carbocycles. The Bertz CT molecular complexity index is 622. The minimum absolute atomic E-state index is 0.0904. The first kappa shape index (κ1) is 16.5. The molecular weight excluding hydrogens is 286 g/mol. The summed E-state index contributed by atoms with van der Waals surface area (Å²) in [6, 6.07) is 4.21. The highest BCUT2D eigenvalue weighted by Crippen LogP contribution is 2.24. The molecule has 1 aromatic heterocycles. The molecule has 22 heavy (non-hydrogen) atoms. The fourth-order valence-electron chi connectivity index (χ4n) is 2.47. The van der Waals surface area contributed by atoms with Crippen molar-refractivity contribution in [3.8, 4) is 0 Å². The van der Waals surface area contributed by atoms with Crippen LogP contribution in [0.1, 0.15) is 51.2 Å². The molecule has 1 atom stereocenters. The zero-order valence-corrected chi connectivity index (χ0v) is 13.3. The topological polar surface area (TPSA) is 42.7 Å². The molecule has 0 fully saturated rings. The number of nitrogens with zero attached hydrogens (tertiary/aromatic N) is 3. The molecule has 1 heterocycles. The van der Waals surface area contributed by atoms with Crippen LogP contribution >= 0.6 is 0 Å². The SMILES string of the molecule is CC(C)[C@H](NCc1nncn1C(C)C)c1ccc(F)c(F)c1. The summed E-state index contributed by atoms with van der Waals surface area (Å²) in [5, 5.41) is 11.4. The van der Waals surface area contributed by atoms with Crippen molar-refractivity contribution in [3.63, 3.8) is 0 Å². The molecule has 0 aliphatic carbocycles. The van der Waals surface area contributed by atoms with E-state index in [1.807, 2.05) is 18.4 Å². The highest BCUT2D eigenvalue weighted by molar-refractivity contribution is 5.22. The van der Waals surface area contributed by atoms with Gasteiger partial charge in [-0.2, -0.15) is 0 Å². The van der Waals surface area contributed by atoms with Crippen LogP contribution in [0.2, 0.25) is 0 Å². The normalized spacial score (nSPS) is 13.1. The first-order chi connectivity index (χ1) is 10.4. The van der Waals surface area contributed by atoms with Crippen LogP contribution < -0.4 is 5.32 Å². The van der Waals surface area contributed by atoms with Crippen molar-refractivity contribution in [2.75, 3.05) is 0 Å². The summed E-state index contributed by atoms with van der Waals surface area (Å²) in [5.41, 5.74) is 0.726. The summed E-state index contributed by atoms with van der Waals surface area (Å²) in [6.45, 7) is 8.70. The van der Waals surface area contributed by atoms with Crippen LogP contribution in [0.3, 0.4) is 0 Å². The van der Waals surface area contributed by atoms with Crippen molar-refractivity contribution in [1.82, 2.24) is 20.1 Å². The molecule has 4 nitrogen and oxygen atoms in total. The fraction of sp³-hybridized carbons (Fsp3) is 0.500. The third-order valence-electron chi connectivity index (χ3n) is 3.65. The second-order valence-corrected chi connectivity index (χ2v) is 6.02.